The largest absolute Gasteiger partial charge is 0.322 e. The highest BCUT2D eigenvalue weighted by Crippen LogP contribution is 2.30. The molecule has 0 bridgehead atoms. The summed E-state index contributed by atoms with van der Waals surface area (Å²) in [5.41, 5.74) is 2.93. The Kier molecular flexibility index (Phi) is 7.55. The predicted octanol–water partition coefficient (Wildman–Crippen LogP) is 3.31. The van der Waals surface area contributed by atoms with Gasteiger partial charge in [-0.3, -0.25) is 19.7 Å². The van der Waals surface area contributed by atoms with Crippen LogP contribution in [0, 0.1) is 0 Å². The van der Waals surface area contributed by atoms with Crippen LogP contribution in [0.25, 0.3) is 0 Å². The van der Waals surface area contributed by atoms with Crippen LogP contribution in [0.2, 0.25) is 0 Å². The van der Waals surface area contributed by atoms with Gasteiger partial charge in [-0.15, -0.1) is 0 Å². The Hall–Kier alpha value is -2.50. The normalized spacial score (nSPS) is 18.7. The van der Waals surface area contributed by atoms with Crippen molar-refractivity contribution in [3.63, 3.8) is 0 Å². The van der Waals surface area contributed by atoms with Crippen LogP contribution < -0.4 is 5.32 Å². The highest BCUT2D eigenvalue weighted by molar-refractivity contribution is 6.05. The van der Waals surface area contributed by atoms with Crippen LogP contribution in [-0.2, 0) is 27.3 Å². The molecule has 0 aliphatic carbocycles. The van der Waals surface area contributed by atoms with Gasteiger partial charge in [-0.2, -0.15) is 0 Å². The molecule has 0 saturated carbocycles. The lowest BCUT2D eigenvalue weighted by molar-refractivity contribution is -0.136. The number of nitrogens with zero attached hydrogens (tertiary/aromatic N) is 1. The number of nitrogens with one attached hydrogen (secondary N) is 1. The van der Waals surface area contributed by atoms with Crippen molar-refractivity contribution in [2.24, 2.45) is 0 Å². The number of benzene rings is 1. The zero-order chi connectivity index (χ0) is 20.6. The minimum atomic E-state index is -0.556. The third-order valence-corrected chi connectivity index (χ3v) is 5.95. The first kappa shape index (κ1) is 21.2. The molecule has 0 spiro atoms. The molecule has 2 aliphatic rings. The molecule has 1 aromatic carbocycles. The van der Waals surface area contributed by atoms with Gasteiger partial charge in [-0.05, 0) is 42.9 Å². The number of fused-ring (bicyclic) bond motifs is 1. The smallest absolute Gasteiger partial charge is 0.255 e. The maximum atomic E-state index is 12.8. The third-order valence-electron chi connectivity index (χ3n) is 5.95. The van der Waals surface area contributed by atoms with Gasteiger partial charge in [0.1, 0.15) is 12.3 Å². The molecule has 1 atom stereocenters. The average molecular weight is 399 g/mol. The number of hydrogen-bond acceptors (Lipinski definition) is 4. The average Bonchev–Trinajstić information content (AvgIpc) is 3.04. The lowest BCUT2D eigenvalue weighted by Crippen LogP contribution is -2.52. The number of carbonyl (C=O) groups excluding carboxylic acids is 4. The van der Waals surface area contributed by atoms with Crippen LogP contribution in [-0.4, -0.2) is 34.9 Å². The molecule has 2 heterocycles. The second-order valence-corrected chi connectivity index (χ2v) is 8.02. The Bertz CT molecular complexity index is 774. The summed E-state index contributed by atoms with van der Waals surface area (Å²) in [6.45, 7) is 0.452. The Morgan fingerprint density at radius 2 is 1.72 bits per heavy atom. The first-order valence-corrected chi connectivity index (χ1v) is 10.8. The van der Waals surface area contributed by atoms with E-state index in [0.29, 0.717) is 24.9 Å². The molecule has 1 fully saturated rings. The van der Waals surface area contributed by atoms with Gasteiger partial charge in [0, 0.05) is 24.9 Å². The van der Waals surface area contributed by atoms with Crippen molar-refractivity contribution >= 4 is 24.0 Å². The molecule has 1 aromatic rings. The molecular weight excluding hydrogens is 368 g/mol. The minimum absolute atomic E-state index is 0.105. The summed E-state index contributed by atoms with van der Waals surface area (Å²) in [5.74, 6) is -0.733. The molecule has 0 radical (unpaired) electrons. The van der Waals surface area contributed by atoms with E-state index in [9.17, 15) is 19.2 Å². The van der Waals surface area contributed by atoms with Gasteiger partial charge in [0.15, 0.2) is 0 Å². The first-order chi connectivity index (χ1) is 14.1. The van der Waals surface area contributed by atoms with Crippen LogP contribution in [0.5, 0.6) is 0 Å². The number of rotatable bonds is 11. The quantitative estimate of drug-likeness (QED) is 0.352. The summed E-state index contributed by atoms with van der Waals surface area (Å²) in [7, 11) is 0. The summed E-state index contributed by atoms with van der Waals surface area (Å²) in [4.78, 5) is 48.3. The first-order valence-electron chi connectivity index (χ1n) is 10.8. The van der Waals surface area contributed by atoms with Crippen molar-refractivity contribution in [3.8, 4) is 0 Å². The number of unbranched alkanes of at least 4 members (excludes halogenated alkanes) is 7. The van der Waals surface area contributed by atoms with Gasteiger partial charge >= 0.3 is 0 Å². The van der Waals surface area contributed by atoms with E-state index in [2.05, 4.69) is 11.4 Å². The fraction of sp³-hybridized carbons (Fsp3) is 0.565. The van der Waals surface area contributed by atoms with Crippen LogP contribution in [0.1, 0.15) is 85.7 Å². The zero-order valence-corrected chi connectivity index (χ0v) is 17.0. The third kappa shape index (κ3) is 5.31. The molecule has 1 N–H and O–H groups in total. The summed E-state index contributed by atoms with van der Waals surface area (Å²) < 4.78 is 0. The van der Waals surface area contributed by atoms with E-state index in [1.165, 1.54) is 24.8 Å². The van der Waals surface area contributed by atoms with Gasteiger partial charge in [0.2, 0.25) is 11.8 Å². The molecule has 6 nitrogen and oxygen atoms in total. The molecular formula is C23H30N2O4. The highest BCUT2D eigenvalue weighted by atomic mass is 16.2. The number of aryl methyl sites for hydroxylation is 1. The molecule has 6 heteroatoms. The molecule has 29 heavy (non-hydrogen) atoms. The number of hydrogen-bond donors (Lipinski definition) is 1. The predicted molar refractivity (Wildman–Crippen MR) is 109 cm³/mol. The number of imide groups is 1. The molecule has 0 aromatic heterocycles. The molecule has 1 saturated heterocycles. The van der Waals surface area contributed by atoms with E-state index in [1.807, 2.05) is 12.1 Å². The van der Waals surface area contributed by atoms with Crippen LogP contribution in [0.3, 0.4) is 0 Å². The fourth-order valence-corrected chi connectivity index (χ4v) is 4.31. The topological polar surface area (TPSA) is 83.6 Å². The molecule has 2 aliphatic heterocycles. The van der Waals surface area contributed by atoms with Crippen LogP contribution in [0.15, 0.2) is 18.2 Å². The summed E-state index contributed by atoms with van der Waals surface area (Å²) >= 11 is 0. The van der Waals surface area contributed by atoms with Gasteiger partial charge in [-0.1, -0.05) is 44.2 Å². The second kappa shape index (κ2) is 10.3. The highest BCUT2D eigenvalue weighted by Gasteiger charge is 2.39. The minimum Gasteiger partial charge on any atom is -0.322 e. The number of piperidine rings is 1. The van der Waals surface area contributed by atoms with Gasteiger partial charge in [0.05, 0.1) is 0 Å². The summed E-state index contributed by atoms with van der Waals surface area (Å²) in [5, 5.41) is 2.35. The van der Waals surface area contributed by atoms with Crippen molar-refractivity contribution in [2.45, 2.75) is 83.2 Å². The van der Waals surface area contributed by atoms with E-state index < -0.39 is 6.04 Å². The SMILES string of the molecule is O=CCCCCCCCCCc1cccc2c1CN(C1CCC(=O)NC1=O)C2=O. The Morgan fingerprint density at radius 3 is 2.45 bits per heavy atom. The maximum absolute atomic E-state index is 12.8. The van der Waals surface area contributed by atoms with E-state index in [1.54, 1.807) is 4.90 Å². The van der Waals surface area contributed by atoms with Crippen molar-refractivity contribution < 1.29 is 19.2 Å². The molecule has 3 amide bonds. The zero-order valence-electron chi connectivity index (χ0n) is 17.0. The van der Waals surface area contributed by atoms with Crippen molar-refractivity contribution in [1.29, 1.82) is 0 Å². The summed E-state index contributed by atoms with van der Waals surface area (Å²) in [6, 6.07) is 5.29. The van der Waals surface area contributed by atoms with Crippen molar-refractivity contribution in [1.82, 2.24) is 10.2 Å². The summed E-state index contributed by atoms with van der Waals surface area (Å²) in [6.07, 6.45) is 11.2. The van der Waals surface area contributed by atoms with Crippen molar-refractivity contribution in [2.75, 3.05) is 0 Å². The maximum Gasteiger partial charge on any atom is 0.255 e. The number of aldehydes is 1. The lowest BCUT2D eigenvalue weighted by Gasteiger charge is -2.29. The Labute approximate surface area is 172 Å². The van der Waals surface area contributed by atoms with E-state index >= 15 is 0 Å². The van der Waals surface area contributed by atoms with Gasteiger partial charge < -0.3 is 9.69 Å². The standard InChI is InChI=1S/C23H30N2O4/c26-15-8-6-4-2-1-3-5-7-10-17-11-9-12-18-19(17)16-25(23(18)29)20-13-14-21(27)24-22(20)28/h9,11-12,15,20H,1-8,10,13-14,16H2,(H,24,27,28). The van der Waals surface area contributed by atoms with Crippen LogP contribution >= 0.6 is 0 Å². The Balaban J connectivity index is 1.49. The molecule has 1 unspecified atom stereocenters. The van der Waals surface area contributed by atoms with Crippen molar-refractivity contribution in [3.05, 3.63) is 34.9 Å². The molecule has 3 rings (SSSR count). The van der Waals surface area contributed by atoms with E-state index in [4.69, 9.17) is 0 Å². The second-order valence-electron chi connectivity index (χ2n) is 8.02. The lowest BCUT2D eigenvalue weighted by atomic mass is 9.98. The number of carbonyl (C=O) groups is 4. The van der Waals surface area contributed by atoms with Crippen LogP contribution in [0.4, 0.5) is 0 Å². The van der Waals surface area contributed by atoms with Gasteiger partial charge in [0.25, 0.3) is 5.91 Å². The number of amides is 3. The monoisotopic (exact) mass is 398 g/mol. The molecule has 156 valence electrons. The van der Waals surface area contributed by atoms with Gasteiger partial charge in [-0.25, -0.2) is 0 Å². The fourth-order valence-electron chi connectivity index (χ4n) is 4.31. The Morgan fingerprint density at radius 1 is 1.00 bits per heavy atom. The van der Waals surface area contributed by atoms with E-state index in [-0.39, 0.29) is 24.1 Å². The van der Waals surface area contributed by atoms with E-state index in [0.717, 1.165) is 44.0 Å².